The quantitative estimate of drug-likeness (QED) is 0.0255. The van der Waals surface area contributed by atoms with E-state index in [0.29, 0.717) is 46.1 Å². The lowest BCUT2D eigenvalue weighted by Crippen LogP contribution is -2.05. The van der Waals surface area contributed by atoms with Gasteiger partial charge in [-0.1, -0.05) is 163 Å². The van der Waals surface area contributed by atoms with Gasteiger partial charge < -0.3 is 38.2 Å². The van der Waals surface area contributed by atoms with Gasteiger partial charge in [0.15, 0.2) is 34.5 Å². The highest BCUT2D eigenvalue weighted by Crippen LogP contribution is 2.47. The van der Waals surface area contributed by atoms with E-state index in [9.17, 15) is 4.57 Å². The van der Waals surface area contributed by atoms with E-state index in [0.717, 1.165) is 195 Å². The SMILES string of the molecule is CCCCCOc1cc2c3cc(OCCCCC)c(OCCCCC)cc3c3cc(OCCCCCCCCCCCCCCP(=O)(O)O)c(OCCCCC)cc3c2cc1OCCCCC. The van der Waals surface area contributed by atoms with E-state index < -0.39 is 7.60 Å². The number of fused-ring (bicyclic) bond motifs is 6. The molecule has 0 saturated carbocycles. The normalized spacial score (nSPS) is 11.8. The fourth-order valence-corrected chi connectivity index (χ4v) is 9.37. The minimum absolute atomic E-state index is 0.0157. The molecular formula is C57H91O9P. The highest BCUT2D eigenvalue weighted by atomic mass is 31.2. The Labute approximate surface area is 405 Å². The molecule has 0 heterocycles. The van der Waals surface area contributed by atoms with Crippen molar-refractivity contribution >= 4 is 39.9 Å². The molecule has 0 aromatic heterocycles. The third kappa shape index (κ3) is 20.6. The molecule has 0 atom stereocenters. The monoisotopic (exact) mass is 951 g/mol. The molecule has 0 saturated heterocycles. The summed E-state index contributed by atoms with van der Waals surface area (Å²) in [6.07, 6.45) is 29.4. The minimum Gasteiger partial charge on any atom is -0.490 e. The van der Waals surface area contributed by atoms with E-state index in [-0.39, 0.29) is 6.16 Å². The van der Waals surface area contributed by atoms with E-state index in [1.165, 1.54) is 38.5 Å². The smallest absolute Gasteiger partial charge is 0.325 e. The molecule has 0 spiro atoms. The van der Waals surface area contributed by atoms with Gasteiger partial charge in [0.05, 0.1) is 39.6 Å². The zero-order valence-corrected chi connectivity index (χ0v) is 43.6. The van der Waals surface area contributed by atoms with Gasteiger partial charge in [-0.15, -0.1) is 0 Å². The first-order valence-electron chi connectivity index (χ1n) is 27.1. The Morgan fingerprint density at radius 3 is 0.672 bits per heavy atom. The second kappa shape index (κ2) is 33.2. The van der Waals surface area contributed by atoms with Gasteiger partial charge in [0.25, 0.3) is 0 Å². The Bertz CT molecular complexity index is 1960. The van der Waals surface area contributed by atoms with Crippen LogP contribution >= 0.6 is 7.60 Å². The summed E-state index contributed by atoms with van der Waals surface area (Å²) in [6, 6.07) is 13.2. The maximum absolute atomic E-state index is 11.0. The largest absolute Gasteiger partial charge is 0.490 e. The highest BCUT2D eigenvalue weighted by Gasteiger charge is 2.21. The standard InChI is InChI=1S/C57H91O9P/c1-6-11-26-33-61-52-40-46-47-41-53(62-34-27-12-7-2)55(64-36-29-14-9-4)43-49(47)51-45-57(66-38-31-24-22-20-18-16-17-19-21-23-25-32-39-67(58,59)60)56(65-37-30-15-10-5)44-50(51)48(46)42-54(52)63-35-28-13-8-3/h40-45H,6-39H2,1-5H3,(H2,58,59,60). The maximum Gasteiger partial charge on any atom is 0.325 e. The number of benzene rings is 4. The molecule has 2 N–H and O–H groups in total. The highest BCUT2D eigenvalue weighted by molar-refractivity contribution is 7.51. The van der Waals surface area contributed by atoms with Crippen LogP contribution in [0.15, 0.2) is 36.4 Å². The number of rotatable bonds is 41. The Balaban J connectivity index is 1.67. The molecule has 4 aromatic carbocycles. The van der Waals surface area contributed by atoms with Crippen molar-refractivity contribution in [2.45, 2.75) is 208 Å². The summed E-state index contributed by atoms with van der Waals surface area (Å²) in [7, 11) is -3.85. The molecule has 0 amide bonds. The van der Waals surface area contributed by atoms with Gasteiger partial charge >= 0.3 is 7.60 Å². The molecule has 0 fully saturated rings. The molecule has 0 aliphatic rings. The van der Waals surface area contributed by atoms with Gasteiger partial charge in [0.1, 0.15) is 0 Å². The average Bonchev–Trinajstić information content (AvgIpc) is 3.32. The number of hydrogen-bond donors (Lipinski definition) is 2. The van der Waals surface area contributed by atoms with E-state index in [1.54, 1.807) is 0 Å². The molecule has 0 aliphatic carbocycles. The zero-order chi connectivity index (χ0) is 48.0. The van der Waals surface area contributed by atoms with Crippen LogP contribution in [0.4, 0.5) is 0 Å². The van der Waals surface area contributed by atoms with Crippen molar-refractivity contribution in [2.24, 2.45) is 0 Å². The Morgan fingerprint density at radius 1 is 0.299 bits per heavy atom. The van der Waals surface area contributed by atoms with Crippen LogP contribution in [0.3, 0.4) is 0 Å². The maximum atomic E-state index is 11.0. The topological polar surface area (TPSA) is 113 Å². The molecule has 4 rings (SSSR count). The van der Waals surface area contributed by atoms with Gasteiger partial charge in [0, 0.05) is 6.16 Å². The van der Waals surface area contributed by atoms with Crippen LogP contribution in [0, 0.1) is 0 Å². The third-order valence-electron chi connectivity index (χ3n) is 12.8. The molecule has 67 heavy (non-hydrogen) atoms. The second-order valence-corrected chi connectivity index (χ2v) is 20.6. The molecule has 378 valence electrons. The van der Waals surface area contributed by atoms with Gasteiger partial charge in [0.2, 0.25) is 0 Å². The van der Waals surface area contributed by atoms with Crippen molar-refractivity contribution in [1.29, 1.82) is 0 Å². The van der Waals surface area contributed by atoms with Crippen LogP contribution in [0.1, 0.15) is 208 Å². The van der Waals surface area contributed by atoms with Crippen molar-refractivity contribution < 1.29 is 42.8 Å². The zero-order valence-electron chi connectivity index (χ0n) is 42.7. The summed E-state index contributed by atoms with van der Waals surface area (Å²) in [5.74, 6) is 4.70. The van der Waals surface area contributed by atoms with E-state index >= 15 is 0 Å². The number of hydrogen-bond acceptors (Lipinski definition) is 7. The van der Waals surface area contributed by atoms with Crippen molar-refractivity contribution in [2.75, 3.05) is 45.8 Å². The van der Waals surface area contributed by atoms with Crippen molar-refractivity contribution in [3.63, 3.8) is 0 Å². The Hall–Kier alpha value is -3.39. The Morgan fingerprint density at radius 2 is 0.478 bits per heavy atom. The summed E-state index contributed by atoms with van der Waals surface area (Å²) < 4.78 is 50.8. The lowest BCUT2D eigenvalue weighted by Gasteiger charge is -2.21. The average molecular weight is 951 g/mol. The number of unbranched alkanes of at least 4 members (excludes halogenated alkanes) is 21. The Kier molecular flexibility index (Phi) is 27.8. The van der Waals surface area contributed by atoms with Gasteiger partial charge in [-0.25, -0.2) is 0 Å². The van der Waals surface area contributed by atoms with Crippen molar-refractivity contribution in [3.05, 3.63) is 36.4 Å². The van der Waals surface area contributed by atoms with Gasteiger partial charge in [-0.2, -0.15) is 0 Å². The molecular weight excluding hydrogens is 860 g/mol. The first kappa shape index (κ1) is 56.2. The van der Waals surface area contributed by atoms with Gasteiger partial charge in [-0.05, 0) is 114 Å². The van der Waals surface area contributed by atoms with E-state index in [1.807, 2.05) is 0 Å². The van der Waals surface area contributed by atoms with Crippen LogP contribution in [-0.2, 0) is 4.57 Å². The lowest BCUT2D eigenvalue weighted by molar-refractivity contribution is 0.259. The molecule has 4 aromatic rings. The predicted octanol–water partition coefficient (Wildman–Crippen LogP) is 17.2. The first-order chi connectivity index (χ1) is 32.7. The van der Waals surface area contributed by atoms with E-state index in [4.69, 9.17) is 38.2 Å². The number of ether oxygens (including phenoxy) is 6. The van der Waals surface area contributed by atoms with E-state index in [2.05, 4.69) is 71.0 Å². The van der Waals surface area contributed by atoms with Gasteiger partial charge in [-0.3, -0.25) is 4.57 Å². The fourth-order valence-electron chi connectivity index (χ4n) is 8.73. The summed E-state index contributed by atoms with van der Waals surface area (Å²) in [6.45, 7) is 14.9. The fraction of sp³-hybridized carbons (Fsp3) is 0.684. The van der Waals surface area contributed by atoms with Crippen LogP contribution in [-0.4, -0.2) is 55.6 Å². The van der Waals surface area contributed by atoms with Crippen LogP contribution < -0.4 is 28.4 Å². The molecule has 0 bridgehead atoms. The minimum atomic E-state index is -3.85. The first-order valence-corrected chi connectivity index (χ1v) is 28.9. The van der Waals surface area contributed by atoms with Crippen LogP contribution in [0.25, 0.3) is 32.3 Å². The predicted molar refractivity (Wildman–Crippen MR) is 282 cm³/mol. The molecule has 0 unspecified atom stereocenters. The summed E-state index contributed by atoms with van der Waals surface area (Å²) >= 11 is 0. The molecule has 10 heteroatoms. The van der Waals surface area contributed by atoms with Crippen LogP contribution in [0.5, 0.6) is 34.5 Å². The van der Waals surface area contributed by atoms with Crippen molar-refractivity contribution in [1.82, 2.24) is 0 Å². The van der Waals surface area contributed by atoms with Crippen LogP contribution in [0.2, 0.25) is 0 Å². The molecule has 0 radical (unpaired) electrons. The summed E-state index contributed by atoms with van der Waals surface area (Å²) in [4.78, 5) is 18.1. The second-order valence-electron chi connectivity index (χ2n) is 18.8. The summed E-state index contributed by atoms with van der Waals surface area (Å²) in [5.41, 5.74) is 0. The third-order valence-corrected chi connectivity index (χ3v) is 13.6. The summed E-state index contributed by atoms with van der Waals surface area (Å²) in [5, 5.41) is 6.53. The lowest BCUT2D eigenvalue weighted by atomic mass is 9.93. The molecule has 0 aliphatic heterocycles. The molecule has 9 nitrogen and oxygen atoms in total. The van der Waals surface area contributed by atoms with Crippen molar-refractivity contribution in [3.8, 4) is 34.5 Å².